The van der Waals surface area contributed by atoms with Crippen molar-refractivity contribution in [3.63, 3.8) is 0 Å². The molecule has 0 spiro atoms. The summed E-state index contributed by atoms with van der Waals surface area (Å²) in [6, 6.07) is 8.30. The highest BCUT2D eigenvalue weighted by atomic mass is 19.4. The highest BCUT2D eigenvalue weighted by Gasteiger charge is 2.37. The highest BCUT2D eigenvalue weighted by Crippen LogP contribution is 2.41. The molecule has 36 heavy (non-hydrogen) atoms. The summed E-state index contributed by atoms with van der Waals surface area (Å²) in [5, 5.41) is 12.1. The van der Waals surface area contributed by atoms with E-state index in [4.69, 9.17) is 5.73 Å². The summed E-state index contributed by atoms with van der Waals surface area (Å²) in [6.45, 7) is 0. The molecule has 182 valence electrons. The standard InChI is InChI=1S/C24H19F3N8O/c1-33-11-16(10-30-33)35(19-7-3-13-8-15(24(25,26)27)4-5-17(13)19)23(36)14-2-6-18-20(9-14)34-12-29-32-22(34)21(28)31-18/h2,4-6,8-12,19H,3,7H2,1H3,(H2,28,31). The Bertz CT molecular complexity index is 1650. The number of hydrogen-bond acceptors (Lipinski definition) is 6. The molecule has 0 aliphatic heterocycles. The Morgan fingerprint density at radius 1 is 1.19 bits per heavy atom. The third-order valence-electron chi connectivity index (χ3n) is 6.52. The van der Waals surface area contributed by atoms with E-state index in [0.29, 0.717) is 51.9 Å². The lowest BCUT2D eigenvalue weighted by Crippen LogP contribution is -2.34. The summed E-state index contributed by atoms with van der Waals surface area (Å²) in [6.07, 6.45) is 1.26. The molecule has 0 fully saturated rings. The molecule has 6 rings (SSSR count). The van der Waals surface area contributed by atoms with E-state index < -0.39 is 17.8 Å². The third-order valence-corrected chi connectivity index (χ3v) is 6.52. The fourth-order valence-electron chi connectivity index (χ4n) is 4.86. The van der Waals surface area contributed by atoms with Gasteiger partial charge in [-0.15, -0.1) is 10.2 Å². The molecular formula is C24H19F3N8O. The van der Waals surface area contributed by atoms with E-state index in [1.54, 1.807) is 51.6 Å². The number of nitrogens with two attached hydrogens (primary N) is 1. The Balaban J connectivity index is 1.46. The van der Waals surface area contributed by atoms with E-state index in [9.17, 15) is 18.0 Å². The van der Waals surface area contributed by atoms with Gasteiger partial charge >= 0.3 is 6.18 Å². The molecule has 2 aromatic carbocycles. The van der Waals surface area contributed by atoms with Gasteiger partial charge in [-0.1, -0.05) is 6.07 Å². The lowest BCUT2D eigenvalue weighted by atomic mass is 10.0. The Morgan fingerprint density at radius 3 is 2.78 bits per heavy atom. The van der Waals surface area contributed by atoms with Crippen LogP contribution in [-0.4, -0.2) is 35.3 Å². The quantitative estimate of drug-likeness (QED) is 0.409. The molecule has 0 saturated heterocycles. The predicted octanol–water partition coefficient (Wildman–Crippen LogP) is 3.95. The van der Waals surface area contributed by atoms with Gasteiger partial charge in [-0.2, -0.15) is 18.3 Å². The van der Waals surface area contributed by atoms with Crippen LogP contribution in [0, 0.1) is 0 Å². The molecule has 0 radical (unpaired) electrons. The number of fused-ring (bicyclic) bond motifs is 4. The maximum Gasteiger partial charge on any atom is 0.416 e. The third kappa shape index (κ3) is 3.44. The van der Waals surface area contributed by atoms with Crippen LogP contribution in [0.5, 0.6) is 0 Å². The summed E-state index contributed by atoms with van der Waals surface area (Å²) in [5.41, 5.74) is 9.01. The highest BCUT2D eigenvalue weighted by molar-refractivity contribution is 6.08. The molecule has 3 heterocycles. The van der Waals surface area contributed by atoms with Gasteiger partial charge in [0.2, 0.25) is 5.65 Å². The second-order valence-electron chi connectivity index (χ2n) is 8.74. The number of nitrogens with zero attached hydrogens (tertiary/aromatic N) is 7. The maximum absolute atomic E-state index is 14.0. The number of carbonyl (C=O) groups excluding carboxylic acids is 1. The number of rotatable bonds is 3. The van der Waals surface area contributed by atoms with Crippen LogP contribution in [0.3, 0.4) is 0 Å². The fraction of sp³-hybridized carbons (Fsp3) is 0.208. The second kappa shape index (κ2) is 7.77. The molecule has 3 aromatic heterocycles. The molecule has 1 unspecified atom stereocenters. The van der Waals surface area contributed by atoms with E-state index in [-0.39, 0.29) is 11.7 Å². The summed E-state index contributed by atoms with van der Waals surface area (Å²) in [5.74, 6) is -0.0995. The van der Waals surface area contributed by atoms with Gasteiger partial charge in [0.1, 0.15) is 6.33 Å². The maximum atomic E-state index is 14.0. The van der Waals surface area contributed by atoms with Crippen LogP contribution in [0.2, 0.25) is 0 Å². The number of halogens is 3. The van der Waals surface area contributed by atoms with Crippen molar-refractivity contribution < 1.29 is 18.0 Å². The summed E-state index contributed by atoms with van der Waals surface area (Å²) in [7, 11) is 1.74. The van der Waals surface area contributed by atoms with E-state index in [2.05, 4.69) is 20.3 Å². The number of anilines is 2. The van der Waals surface area contributed by atoms with Crippen molar-refractivity contribution in [2.75, 3.05) is 10.6 Å². The zero-order chi connectivity index (χ0) is 25.2. The van der Waals surface area contributed by atoms with Gasteiger partial charge in [0.15, 0.2) is 5.82 Å². The topological polar surface area (TPSA) is 107 Å². The summed E-state index contributed by atoms with van der Waals surface area (Å²) < 4.78 is 43.0. The van der Waals surface area contributed by atoms with Gasteiger partial charge in [0.25, 0.3) is 5.91 Å². The van der Waals surface area contributed by atoms with Gasteiger partial charge in [-0.05, 0) is 54.3 Å². The zero-order valence-electron chi connectivity index (χ0n) is 18.9. The van der Waals surface area contributed by atoms with Gasteiger partial charge in [0, 0.05) is 18.8 Å². The molecule has 1 aliphatic carbocycles. The number of hydrogen-bond donors (Lipinski definition) is 1. The molecule has 0 bridgehead atoms. The van der Waals surface area contributed by atoms with Gasteiger partial charge < -0.3 is 5.73 Å². The minimum atomic E-state index is -4.43. The summed E-state index contributed by atoms with van der Waals surface area (Å²) in [4.78, 5) is 19.9. The first-order valence-electron chi connectivity index (χ1n) is 11.1. The monoisotopic (exact) mass is 492 g/mol. The zero-order valence-corrected chi connectivity index (χ0v) is 18.9. The van der Waals surface area contributed by atoms with Crippen molar-refractivity contribution in [3.05, 3.63) is 77.4 Å². The number of carbonyl (C=O) groups is 1. The van der Waals surface area contributed by atoms with Crippen molar-refractivity contribution in [3.8, 4) is 0 Å². The van der Waals surface area contributed by atoms with Gasteiger partial charge in [0.05, 0.1) is 34.5 Å². The molecular weight excluding hydrogens is 473 g/mol. The van der Waals surface area contributed by atoms with E-state index in [1.165, 1.54) is 18.5 Å². The van der Waals surface area contributed by atoms with Crippen LogP contribution in [0.25, 0.3) is 16.7 Å². The Labute approximate surface area is 202 Å². The molecule has 1 aliphatic rings. The molecule has 12 heteroatoms. The lowest BCUT2D eigenvalue weighted by Gasteiger charge is -2.29. The number of aryl methyl sites for hydroxylation is 2. The first-order chi connectivity index (χ1) is 17.2. The van der Waals surface area contributed by atoms with Gasteiger partial charge in [-0.3, -0.25) is 18.8 Å². The Kier molecular flexibility index (Phi) is 4.75. The van der Waals surface area contributed by atoms with Crippen LogP contribution in [0.4, 0.5) is 24.7 Å². The van der Waals surface area contributed by atoms with Crippen molar-refractivity contribution in [1.82, 2.24) is 29.4 Å². The number of nitrogen functional groups attached to an aromatic ring is 1. The average Bonchev–Trinajstić information content (AvgIpc) is 3.59. The largest absolute Gasteiger partial charge is 0.416 e. The molecule has 1 amide bonds. The van der Waals surface area contributed by atoms with E-state index >= 15 is 0 Å². The normalized spacial score (nSPS) is 15.5. The smallest absolute Gasteiger partial charge is 0.381 e. The Morgan fingerprint density at radius 2 is 2.03 bits per heavy atom. The molecule has 0 saturated carbocycles. The van der Waals surface area contributed by atoms with Crippen LogP contribution < -0.4 is 10.6 Å². The average molecular weight is 492 g/mol. The van der Waals surface area contributed by atoms with E-state index in [1.807, 2.05) is 0 Å². The van der Waals surface area contributed by atoms with Crippen LogP contribution >= 0.6 is 0 Å². The van der Waals surface area contributed by atoms with Crippen molar-refractivity contribution in [2.24, 2.45) is 7.05 Å². The fourth-order valence-corrected chi connectivity index (χ4v) is 4.86. The first-order valence-corrected chi connectivity index (χ1v) is 11.1. The van der Waals surface area contributed by atoms with Crippen LogP contribution in [0.15, 0.2) is 55.1 Å². The lowest BCUT2D eigenvalue weighted by molar-refractivity contribution is -0.137. The number of benzene rings is 2. The summed E-state index contributed by atoms with van der Waals surface area (Å²) >= 11 is 0. The molecule has 1 atom stereocenters. The van der Waals surface area contributed by atoms with Crippen molar-refractivity contribution >= 4 is 34.1 Å². The SMILES string of the molecule is Cn1cc(N(C(=O)c2ccc3nc(N)c4nncn4c3c2)C2CCc3cc(C(F)(F)F)ccc32)cn1. The number of aromatic nitrogens is 6. The second-order valence-corrected chi connectivity index (χ2v) is 8.74. The molecule has 2 N–H and O–H groups in total. The number of amides is 1. The van der Waals surface area contributed by atoms with Crippen LogP contribution in [0.1, 0.15) is 39.5 Å². The molecule has 9 nitrogen and oxygen atoms in total. The van der Waals surface area contributed by atoms with Crippen molar-refractivity contribution in [1.29, 1.82) is 0 Å². The van der Waals surface area contributed by atoms with Crippen molar-refractivity contribution in [2.45, 2.75) is 25.1 Å². The van der Waals surface area contributed by atoms with Crippen LogP contribution in [-0.2, 0) is 19.6 Å². The molecule has 5 aromatic rings. The van der Waals surface area contributed by atoms with E-state index in [0.717, 1.165) is 6.07 Å². The number of alkyl halides is 3. The van der Waals surface area contributed by atoms with Gasteiger partial charge in [-0.25, -0.2) is 4.98 Å². The predicted molar refractivity (Wildman–Crippen MR) is 125 cm³/mol. The minimum Gasteiger partial charge on any atom is -0.381 e. The Hall–Kier alpha value is -4.48. The first kappa shape index (κ1) is 22.0. The minimum absolute atomic E-state index is 0.219.